The molecule has 2 aromatic carbocycles. The first-order chi connectivity index (χ1) is 13.1. The topological polar surface area (TPSA) is 69.2 Å². The third kappa shape index (κ3) is 4.22. The second-order valence-electron chi connectivity index (χ2n) is 7.19. The van der Waals surface area contributed by atoms with Crippen molar-refractivity contribution in [3.8, 4) is 0 Å². The highest BCUT2D eigenvalue weighted by Gasteiger charge is 2.32. The standard InChI is InChI=1S/C21H26N6.ClH/c1-15-8-10-18(11-9-15)27-20(23-17-7-5-6-16(2)14-17)24-19(22)25-21(27)26-12-3-4-13-26;/h5-11,14,20,23H,3-4,12-13H2,1-2H3,(H2,22,24);1H. The summed E-state index contributed by atoms with van der Waals surface area (Å²) in [5, 5.41) is 3.52. The molecule has 2 aromatic rings. The van der Waals surface area contributed by atoms with Crippen LogP contribution in [-0.4, -0.2) is 36.2 Å². The molecule has 2 aliphatic heterocycles. The van der Waals surface area contributed by atoms with Crippen molar-refractivity contribution in [3.63, 3.8) is 0 Å². The molecule has 0 amide bonds. The number of nitrogens with two attached hydrogens (primary N) is 1. The van der Waals surface area contributed by atoms with E-state index in [1.54, 1.807) is 0 Å². The van der Waals surface area contributed by atoms with Crippen LogP contribution in [-0.2, 0) is 0 Å². The number of likely N-dealkylation sites (tertiary alicyclic amines) is 1. The van der Waals surface area contributed by atoms with Gasteiger partial charge in [-0.25, -0.2) is 4.99 Å². The summed E-state index contributed by atoms with van der Waals surface area (Å²) in [6.07, 6.45) is 2.00. The Bertz CT molecular complexity index is 871. The van der Waals surface area contributed by atoms with E-state index in [0.717, 1.165) is 30.4 Å². The Labute approximate surface area is 172 Å². The van der Waals surface area contributed by atoms with Crippen LogP contribution in [0.15, 0.2) is 58.5 Å². The number of aliphatic imine (C=N–C) groups is 2. The molecule has 4 rings (SSSR count). The van der Waals surface area contributed by atoms with Crippen molar-refractivity contribution in [3.05, 3.63) is 59.7 Å². The summed E-state index contributed by atoms with van der Waals surface area (Å²) in [7, 11) is 0. The molecule has 1 unspecified atom stereocenters. The third-order valence-electron chi connectivity index (χ3n) is 4.94. The summed E-state index contributed by atoms with van der Waals surface area (Å²) >= 11 is 0. The van der Waals surface area contributed by atoms with Gasteiger partial charge in [-0.1, -0.05) is 29.8 Å². The van der Waals surface area contributed by atoms with E-state index in [4.69, 9.17) is 5.73 Å². The predicted molar refractivity (Wildman–Crippen MR) is 119 cm³/mol. The van der Waals surface area contributed by atoms with Gasteiger partial charge in [0.05, 0.1) is 0 Å². The zero-order valence-corrected chi connectivity index (χ0v) is 17.1. The van der Waals surface area contributed by atoms with Gasteiger partial charge >= 0.3 is 0 Å². The monoisotopic (exact) mass is 398 g/mol. The Balaban J connectivity index is 0.00000225. The molecule has 1 saturated heterocycles. The highest BCUT2D eigenvalue weighted by atomic mass is 35.5. The number of aryl methyl sites for hydroxylation is 2. The molecule has 2 aliphatic rings. The van der Waals surface area contributed by atoms with Gasteiger partial charge in [-0.2, -0.15) is 4.99 Å². The van der Waals surface area contributed by atoms with Crippen molar-refractivity contribution >= 4 is 35.7 Å². The summed E-state index contributed by atoms with van der Waals surface area (Å²) < 4.78 is 0. The molecule has 2 heterocycles. The summed E-state index contributed by atoms with van der Waals surface area (Å²) in [6, 6.07) is 16.7. The molecule has 0 spiro atoms. The van der Waals surface area contributed by atoms with Gasteiger partial charge in [0, 0.05) is 24.5 Å². The number of rotatable bonds is 3. The molecule has 0 aromatic heterocycles. The molecular formula is C21H27ClN6. The van der Waals surface area contributed by atoms with Crippen LogP contribution in [0.3, 0.4) is 0 Å². The molecule has 28 heavy (non-hydrogen) atoms. The van der Waals surface area contributed by atoms with E-state index in [2.05, 4.69) is 75.3 Å². The van der Waals surface area contributed by atoms with E-state index in [0.29, 0.717) is 5.96 Å². The molecule has 1 fully saturated rings. The van der Waals surface area contributed by atoms with E-state index in [1.807, 2.05) is 12.1 Å². The van der Waals surface area contributed by atoms with E-state index < -0.39 is 0 Å². The van der Waals surface area contributed by atoms with Crippen LogP contribution in [0.2, 0.25) is 0 Å². The van der Waals surface area contributed by atoms with E-state index in [9.17, 15) is 0 Å². The van der Waals surface area contributed by atoms with Crippen LogP contribution in [0.25, 0.3) is 0 Å². The van der Waals surface area contributed by atoms with Crippen molar-refractivity contribution < 1.29 is 0 Å². The zero-order chi connectivity index (χ0) is 18.8. The van der Waals surface area contributed by atoms with Crippen molar-refractivity contribution in [1.29, 1.82) is 0 Å². The molecule has 3 N–H and O–H groups in total. The summed E-state index contributed by atoms with van der Waals surface area (Å²) in [4.78, 5) is 13.7. The number of hydrogen-bond donors (Lipinski definition) is 2. The van der Waals surface area contributed by atoms with Crippen molar-refractivity contribution in [2.24, 2.45) is 15.7 Å². The minimum atomic E-state index is -0.345. The van der Waals surface area contributed by atoms with Gasteiger partial charge in [-0.3, -0.25) is 4.90 Å². The van der Waals surface area contributed by atoms with Crippen LogP contribution < -0.4 is 16.0 Å². The number of hydrogen-bond acceptors (Lipinski definition) is 6. The van der Waals surface area contributed by atoms with Gasteiger partial charge in [0.1, 0.15) is 0 Å². The number of nitrogens with one attached hydrogen (secondary N) is 1. The minimum Gasteiger partial charge on any atom is -0.368 e. The van der Waals surface area contributed by atoms with E-state index >= 15 is 0 Å². The molecule has 0 radical (unpaired) electrons. The Morgan fingerprint density at radius 1 is 1.00 bits per heavy atom. The fourth-order valence-electron chi connectivity index (χ4n) is 3.56. The second-order valence-corrected chi connectivity index (χ2v) is 7.19. The normalized spacial score (nSPS) is 19.0. The first-order valence-electron chi connectivity index (χ1n) is 9.46. The zero-order valence-electron chi connectivity index (χ0n) is 16.3. The number of nitrogens with zero attached hydrogens (tertiary/aromatic N) is 4. The SMILES string of the molecule is Cc1ccc(N2C(N3CCCC3)=NC(N)=NC2Nc2cccc(C)c2)cc1.Cl. The van der Waals surface area contributed by atoms with Gasteiger partial charge in [-0.15, -0.1) is 12.4 Å². The Morgan fingerprint density at radius 2 is 1.71 bits per heavy atom. The lowest BCUT2D eigenvalue weighted by Gasteiger charge is -2.38. The predicted octanol–water partition coefficient (Wildman–Crippen LogP) is 3.71. The maximum absolute atomic E-state index is 6.10. The smallest absolute Gasteiger partial charge is 0.222 e. The lowest BCUT2D eigenvalue weighted by molar-refractivity contribution is 0.497. The number of guanidine groups is 2. The van der Waals surface area contributed by atoms with Crippen molar-refractivity contribution in [2.45, 2.75) is 33.0 Å². The minimum absolute atomic E-state index is 0. The van der Waals surface area contributed by atoms with Crippen molar-refractivity contribution in [1.82, 2.24) is 4.90 Å². The second kappa shape index (κ2) is 8.52. The Morgan fingerprint density at radius 3 is 2.39 bits per heavy atom. The highest BCUT2D eigenvalue weighted by molar-refractivity contribution is 6.06. The summed E-state index contributed by atoms with van der Waals surface area (Å²) in [5.74, 6) is 1.18. The van der Waals surface area contributed by atoms with Crippen LogP contribution in [0.4, 0.5) is 11.4 Å². The molecule has 0 bridgehead atoms. The van der Waals surface area contributed by atoms with Crippen molar-refractivity contribution in [2.75, 3.05) is 23.3 Å². The largest absolute Gasteiger partial charge is 0.368 e. The average Bonchev–Trinajstić information content (AvgIpc) is 3.17. The molecule has 148 valence electrons. The van der Waals surface area contributed by atoms with E-state index in [1.165, 1.54) is 24.0 Å². The molecule has 7 heteroatoms. The number of halogens is 1. The summed E-state index contributed by atoms with van der Waals surface area (Å²) in [6.45, 7) is 6.16. The van der Waals surface area contributed by atoms with Gasteiger partial charge < -0.3 is 16.0 Å². The lowest BCUT2D eigenvalue weighted by atomic mass is 10.2. The fraction of sp³-hybridized carbons (Fsp3) is 0.333. The van der Waals surface area contributed by atoms with Crippen LogP contribution >= 0.6 is 12.4 Å². The number of anilines is 2. The molecule has 6 nitrogen and oxygen atoms in total. The first-order valence-corrected chi connectivity index (χ1v) is 9.46. The lowest BCUT2D eigenvalue weighted by Crippen LogP contribution is -2.54. The molecular weight excluding hydrogens is 372 g/mol. The maximum Gasteiger partial charge on any atom is 0.222 e. The first kappa shape index (κ1) is 20.0. The summed E-state index contributed by atoms with van der Waals surface area (Å²) in [5.41, 5.74) is 10.6. The van der Waals surface area contributed by atoms with Gasteiger partial charge in [0.15, 0.2) is 0 Å². The van der Waals surface area contributed by atoms with Crippen LogP contribution in [0, 0.1) is 13.8 Å². The molecule has 0 aliphatic carbocycles. The molecule has 0 saturated carbocycles. The molecule has 1 atom stereocenters. The maximum atomic E-state index is 6.10. The van der Waals surface area contributed by atoms with Gasteiger partial charge in [0.25, 0.3) is 0 Å². The third-order valence-corrected chi connectivity index (χ3v) is 4.94. The Kier molecular flexibility index (Phi) is 6.09. The quantitative estimate of drug-likeness (QED) is 0.826. The number of benzene rings is 2. The highest BCUT2D eigenvalue weighted by Crippen LogP contribution is 2.26. The van der Waals surface area contributed by atoms with E-state index in [-0.39, 0.29) is 18.7 Å². The van der Waals surface area contributed by atoms with Crippen LogP contribution in [0.1, 0.15) is 24.0 Å². The van der Waals surface area contributed by atoms with Gasteiger partial charge in [0.2, 0.25) is 18.2 Å². The fourth-order valence-corrected chi connectivity index (χ4v) is 3.56. The average molecular weight is 399 g/mol. The van der Waals surface area contributed by atoms with Crippen LogP contribution in [0.5, 0.6) is 0 Å². The van der Waals surface area contributed by atoms with Gasteiger partial charge in [-0.05, 0) is 56.5 Å². The Hall–Kier alpha value is -2.73.